The molecule has 0 unspecified atom stereocenters. The Morgan fingerprint density at radius 3 is 1.96 bits per heavy atom. The highest BCUT2D eigenvalue weighted by atomic mass is 32.2. The summed E-state index contributed by atoms with van der Waals surface area (Å²) in [5, 5.41) is 0.704. The number of esters is 1. The van der Waals surface area contributed by atoms with Crippen molar-refractivity contribution in [1.29, 1.82) is 0 Å². The molecule has 8 nitrogen and oxygen atoms in total. The Kier molecular flexibility index (Phi) is 10.00. The Balaban J connectivity index is 1.29. The topological polar surface area (TPSA) is 103 Å². The number of carbonyl (C=O) groups is 1. The molecule has 0 bridgehead atoms. The second-order valence-electron chi connectivity index (χ2n) is 13.5. The number of carbonyl (C=O) groups excluding carboxylic acids is 1. The third-order valence-electron chi connectivity index (χ3n) is 8.61. The fourth-order valence-corrected chi connectivity index (χ4v) is 7.86. The third-order valence-corrected chi connectivity index (χ3v) is 10.1. The van der Waals surface area contributed by atoms with Gasteiger partial charge >= 0.3 is 5.97 Å². The first-order chi connectivity index (χ1) is 24.0. The molecule has 50 heavy (non-hydrogen) atoms. The zero-order chi connectivity index (χ0) is 35.4. The lowest BCUT2D eigenvalue weighted by Gasteiger charge is -2.37. The first-order valence-corrected chi connectivity index (χ1v) is 18.3. The van der Waals surface area contributed by atoms with Gasteiger partial charge in [0.05, 0.1) is 17.5 Å². The predicted octanol–water partition coefficient (Wildman–Crippen LogP) is 7.59. The average molecular weight is 687 g/mol. The summed E-state index contributed by atoms with van der Waals surface area (Å²) < 4.78 is 38.1. The number of aromatic nitrogens is 3. The van der Waals surface area contributed by atoms with Crippen LogP contribution >= 0.6 is 0 Å². The Morgan fingerprint density at radius 2 is 1.40 bits per heavy atom. The molecule has 0 spiro atoms. The molecule has 0 amide bonds. The van der Waals surface area contributed by atoms with Gasteiger partial charge in [0.15, 0.2) is 0 Å². The molecule has 0 saturated heterocycles. The van der Waals surface area contributed by atoms with Crippen molar-refractivity contribution in [3.63, 3.8) is 0 Å². The summed E-state index contributed by atoms with van der Waals surface area (Å²) in [6.07, 6.45) is 6.73. The fourth-order valence-electron chi connectivity index (χ4n) is 6.46. The van der Waals surface area contributed by atoms with E-state index in [1.165, 1.54) is 6.07 Å². The molecule has 0 saturated carbocycles. The van der Waals surface area contributed by atoms with E-state index >= 15 is 0 Å². The molecule has 6 rings (SSSR count). The van der Waals surface area contributed by atoms with Crippen molar-refractivity contribution in [2.24, 2.45) is 0 Å². The second kappa shape index (κ2) is 14.4. The van der Waals surface area contributed by atoms with Crippen molar-refractivity contribution in [1.82, 2.24) is 19.3 Å². The number of imidazole rings is 1. The molecule has 9 heteroatoms. The molecule has 0 aliphatic rings. The first kappa shape index (κ1) is 34.7. The molecule has 0 fully saturated rings. The minimum Gasteiger partial charge on any atom is -0.459 e. The van der Waals surface area contributed by atoms with E-state index < -0.39 is 33.2 Å². The number of hydrogen-bond acceptors (Lipinski definition) is 6. The molecule has 0 aliphatic carbocycles. The van der Waals surface area contributed by atoms with Crippen molar-refractivity contribution in [3.8, 4) is 0 Å². The summed E-state index contributed by atoms with van der Waals surface area (Å²) in [6, 6.07) is 36.8. The number of hydrogen-bond donors (Lipinski definition) is 1. The van der Waals surface area contributed by atoms with Crippen LogP contribution in [-0.4, -0.2) is 40.6 Å². The van der Waals surface area contributed by atoms with E-state index in [-0.39, 0.29) is 11.3 Å². The minimum atomic E-state index is -4.13. The maximum atomic E-state index is 13.8. The molecule has 1 N–H and O–H groups in total. The Hall–Kier alpha value is -5.12. The van der Waals surface area contributed by atoms with E-state index in [1.807, 2.05) is 86.2 Å². The largest absolute Gasteiger partial charge is 0.459 e. The lowest BCUT2D eigenvalue weighted by molar-refractivity contribution is -0.157. The van der Waals surface area contributed by atoms with E-state index in [2.05, 4.69) is 50.7 Å². The van der Waals surface area contributed by atoms with Crippen molar-refractivity contribution in [2.45, 2.75) is 69.0 Å². The summed E-state index contributed by atoms with van der Waals surface area (Å²) in [5.41, 5.74) is 3.83. The lowest BCUT2D eigenvalue weighted by Crippen LogP contribution is -2.44. The summed E-state index contributed by atoms with van der Waals surface area (Å²) in [5.74, 6) is -0.633. The number of aryl methyl sites for hydroxylation is 2. The maximum absolute atomic E-state index is 13.8. The number of pyridine rings is 1. The van der Waals surface area contributed by atoms with Gasteiger partial charge in [0.2, 0.25) is 10.0 Å². The number of fused-ring (bicyclic) bond motifs is 1. The van der Waals surface area contributed by atoms with E-state index in [0.717, 1.165) is 27.9 Å². The summed E-state index contributed by atoms with van der Waals surface area (Å²) in [6.45, 7) is 7.19. The number of para-hydroxylation sites is 1. The molecule has 256 valence electrons. The molecule has 2 aromatic heterocycles. The van der Waals surface area contributed by atoms with Gasteiger partial charge in [-0.2, -0.15) is 4.72 Å². The summed E-state index contributed by atoms with van der Waals surface area (Å²) in [7, 11) is -4.13. The van der Waals surface area contributed by atoms with Crippen LogP contribution < -0.4 is 4.72 Å². The molecule has 0 radical (unpaired) electrons. The van der Waals surface area contributed by atoms with Crippen LogP contribution in [-0.2, 0) is 31.5 Å². The normalized spacial score (nSPS) is 12.9. The number of nitrogens with one attached hydrogen (secondary N) is 1. The number of benzene rings is 4. The Labute approximate surface area is 294 Å². The molecular formula is C41H42N4O4S. The van der Waals surface area contributed by atoms with Gasteiger partial charge in [-0.15, -0.1) is 0 Å². The van der Waals surface area contributed by atoms with Gasteiger partial charge in [0.25, 0.3) is 0 Å². The summed E-state index contributed by atoms with van der Waals surface area (Å²) in [4.78, 5) is 22.7. The van der Waals surface area contributed by atoms with Crippen molar-refractivity contribution in [3.05, 3.63) is 162 Å². The minimum absolute atomic E-state index is 0.0152. The average Bonchev–Trinajstić information content (AvgIpc) is 3.57. The van der Waals surface area contributed by atoms with Crippen LogP contribution in [0.15, 0.2) is 139 Å². The second-order valence-corrected chi connectivity index (χ2v) is 15.2. The monoisotopic (exact) mass is 686 g/mol. The van der Waals surface area contributed by atoms with Gasteiger partial charge in [-0.3, -0.25) is 9.78 Å². The predicted molar refractivity (Wildman–Crippen MR) is 196 cm³/mol. The highest BCUT2D eigenvalue weighted by Gasteiger charge is 2.38. The number of nitrogens with zero attached hydrogens (tertiary/aromatic N) is 3. The highest BCUT2D eigenvalue weighted by molar-refractivity contribution is 7.89. The van der Waals surface area contributed by atoms with Crippen molar-refractivity contribution < 1.29 is 17.9 Å². The van der Waals surface area contributed by atoms with E-state index in [4.69, 9.17) is 9.72 Å². The lowest BCUT2D eigenvalue weighted by atomic mass is 9.77. The van der Waals surface area contributed by atoms with Crippen LogP contribution in [0.2, 0.25) is 0 Å². The Bertz CT molecular complexity index is 2080. The van der Waals surface area contributed by atoms with Crippen LogP contribution in [0, 0.1) is 6.92 Å². The molecule has 4 aromatic carbocycles. The molecule has 6 aromatic rings. The van der Waals surface area contributed by atoms with Gasteiger partial charge in [0.1, 0.15) is 22.1 Å². The van der Waals surface area contributed by atoms with Crippen LogP contribution in [0.5, 0.6) is 0 Å². The first-order valence-electron chi connectivity index (χ1n) is 16.8. The van der Waals surface area contributed by atoms with E-state index in [1.54, 1.807) is 33.0 Å². The Morgan fingerprint density at radius 1 is 0.820 bits per heavy atom. The third kappa shape index (κ3) is 7.39. The fraction of sp³-hybridized carbons (Fsp3) is 0.244. The molecule has 2 heterocycles. The van der Waals surface area contributed by atoms with Crippen LogP contribution in [0.4, 0.5) is 0 Å². The smallest absolute Gasteiger partial charge is 0.324 e. The number of ether oxygens (including phenoxy) is 1. The zero-order valence-electron chi connectivity index (χ0n) is 28.8. The number of sulfonamides is 1. The summed E-state index contributed by atoms with van der Waals surface area (Å²) >= 11 is 0. The van der Waals surface area contributed by atoms with Crippen LogP contribution in [0.25, 0.3) is 10.9 Å². The van der Waals surface area contributed by atoms with Crippen molar-refractivity contribution in [2.75, 3.05) is 0 Å². The van der Waals surface area contributed by atoms with E-state index in [9.17, 15) is 13.2 Å². The molecule has 1 atom stereocenters. The van der Waals surface area contributed by atoms with Crippen LogP contribution in [0.1, 0.15) is 61.6 Å². The van der Waals surface area contributed by atoms with Gasteiger partial charge in [-0.1, -0.05) is 103 Å². The van der Waals surface area contributed by atoms with Gasteiger partial charge in [0, 0.05) is 17.8 Å². The van der Waals surface area contributed by atoms with Gasteiger partial charge < -0.3 is 9.30 Å². The standard InChI is InChI=1S/C41H42N4O4S/c1-30-26-31-16-14-25-37(38(31)42-27-30)50(47,48)44-36(39(46)49-40(2,3)4)24-15-23-35-28-45(29-43-35)41(32-17-8-5-9-18-32,33-19-10-6-11-20-33)34-21-12-7-13-22-34/h5-14,16-22,25-29,36,44H,15,23-24H2,1-4H3/t36-/m0/s1. The number of rotatable bonds is 12. The maximum Gasteiger partial charge on any atom is 0.324 e. The van der Waals surface area contributed by atoms with Crippen LogP contribution in [0.3, 0.4) is 0 Å². The SMILES string of the molecule is Cc1cnc2c(S(=O)(=O)N[C@@H](CCCc3cn(C(c4ccccc4)(c4ccccc4)c4ccccc4)cn3)C(=O)OC(C)(C)C)cccc2c1. The van der Waals surface area contributed by atoms with Gasteiger partial charge in [-0.25, -0.2) is 13.4 Å². The molecule has 0 aliphatic heterocycles. The van der Waals surface area contributed by atoms with E-state index in [0.29, 0.717) is 23.7 Å². The quantitative estimate of drug-likeness (QED) is 0.105. The molecular weight excluding hydrogens is 645 g/mol. The highest BCUT2D eigenvalue weighted by Crippen LogP contribution is 2.40. The zero-order valence-corrected chi connectivity index (χ0v) is 29.6. The van der Waals surface area contributed by atoms with Gasteiger partial charge in [-0.05, 0) is 81.3 Å². The van der Waals surface area contributed by atoms with Crippen molar-refractivity contribution >= 4 is 26.9 Å².